The fourth-order valence-electron chi connectivity index (χ4n) is 1.59. The number of aryl methyl sites for hydroxylation is 1. The Labute approximate surface area is 103 Å². The van der Waals surface area contributed by atoms with Crippen LogP contribution in [0.4, 0.5) is 5.69 Å². The highest BCUT2D eigenvalue weighted by atomic mass is 32.2. The first-order chi connectivity index (χ1) is 7.95. The molecule has 0 unspecified atom stereocenters. The van der Waals surface area contributed by atoms with E-state index in [9.17, 15) is 8.42 Å². The molecule has 0 saturated heterocycles. The fourth-order valence-corrected chi connectivity index (χ4v) is 2.16. The summed E-state index contributed by atoms with van der Waals surface area (Å²) in [5.74, 6) is 0. The van der Waals surface area contributed by atoms with Crippen molar-refractivity contribution >= 4 is 15.8 Å². The Balaban J connectivity index is 2.70. The largest absolute Gasteiger partial charge is 0.385 e. The number of rotatable bonds is 6. The highest BCUT2D eigenvalue weighted by Crippen LogP contribution is 2.19. The van der Waals surface area contributed by atoms with Crippen LogP contribution >= 0.6 is 0 Å². The van der Waals surface area contributed by atoms with Crippen LogP contribution in [-0.4, -0.2) is 19.5 Å². The maximum absolute atomic E-state index is 10.9. The van der Waals surface area contributed by atoms with Crippen molar-refractivity contribution in [2.24, 2.45) is 0 Å². The van der Waals surface area contributed by atoms with Crippen LogP contribution in [0.5, 0.6) is 0 Å². The fraction of sp³-hybridized carbons (Fsp3) is 0.500. The summed E-state index contributed by atoms with van der Waals surface area (Å²) in [5, 5.41) is 3.25. The first kappa shape index (κ1) is 14.0. The van der Waals surface area contributed by atoms with Gasteiger partial charge in [0.15, 0.2) is 0 Å². The third-order valence-electron chi connectivity index (χ3n) is 2.59. The molecule has 0 saturated carbocycles. The zero-order valence-electron chi connectivity index (χ0n) is 10.2. The molecule has 0 aliphatic rings. The van der Waals surface area contributed by atoms with Gasteiger partial charge in [-0.25, -0.2) is 0 Å². The SMILES string of the molecule is CCCCCNc1ccc(S(=O)(=O)O)cc1C. The molecule has 0 aliphatic heterocycles. The van der Waals surface area contributed by atoms with E-state index in [4.69, 9.17) is 4.55 Å². The molecule has 1 aromatic rings. The van der Waals surface area contributed by atoms with Gasteiger partial charge in [-0.2, -0.15) is 8.42 Å². The lowest BCUT2D eigenvalue weighted by Gasteiger charge is -2.10. The summed E-state index contributed by atoms with van der Waals surface area (Å²) in [6, 6.07) is 4.56. The van der Waals surface area contributed by atoms with Crippen LogP contribution in [0.2, 0.25) is 0 Å². The molecule has 0 spiro atoms. The molecular weight excluding hydrogens is 238 g/mol. The van der Waals surface area contributed by atoms with Crippen LogP contribution < -0.4 is 5.32 Å². The summed E-state index contributed by atoms with van der Waals surface area (Å²) < 4.78 is 30.8. The lowest BCUT2D eigenvalue weighted by molar-refractivity contribution is 0.483. The van der Waals surface area contributed by atoms with Gasteiger partial charge in [0.25, 0.3) is 10.1 Å². The minimum Gasteiger partial charge on any atom is -0.385 e. The second-order valence-electron chi connectivity index (χ2n) is 4.09. The molecule has 0 fully saturated rings. The molecule has 1 rings (SSSR count). The predicted molar refractivity (Wildman–Crippen MR) is 69.0 cm³/mol. The van der Waals surface area contributed by atoms with Gasteiger partial charge in [0.1, 0.15) is 0 Å². The van der Waals surface area contributed by atoms with Gasteiger partial charge in [0.2, 0.25) is 0 Å². The van der Waals surface area contributed by atoms with Gasteiger partial charge in [-0.05, 0) is 37.1 Å². The maximum Gasteiger partial charge on any atom is 0.294 e. The zero-order chi connectivity index (χ0) is 12.9. The lowest BCUT2D eigenvalue weighted by Crippen LogP contribution is -2.04. The van der Waals surface area contributed by atoms with E-state index >= 15 is 0 Å². The van der Waals surface area contributed by atoms with E-state index in [0.717, 1.165) is 24.2 Å². The quantitative estimate of drug-likeness (QED) is 0.607. The van der Waals surface area contributed by atoms with Crippen LogP contribution in [0.25, 0.3) is 0 Å². The number of hydrogen-bond donors (Lipinski definition) is 2. The number of anilines is 1. The third kappa shape index (κ3) is 4.36. The van der Waals surface area contributed by atoms with Gasteiger partial charge in [-0.3, -0.25) is 4.55 Å². The molecule has 0 aromatic heterocycles. The van der Waals surface area contributed by atoms with E-state index in [0.29, 0.717) is 0 Å². The highest BCUT2D eigenvalue weighted by molar-refractivity contribution is 7.85. The molecule has 0 heterocycles. The minimum atomic E-state index is -4.10. The molecular formula is C12H19NO3S. The second-order valence-corrected chi connectivity index (χ2v) is 5.51. The van der Waals surface area contributed by atoms with Gasteiger partial charge >= 0.3 is 0 Å². The third-order valence-corrected chi connectivity index (χ3v) is 3.44. The Morgan fingerprint density at radius 3 is 2.53 bits per heavy atom. The van der Waals surface area contributed by atoms with Crippen molar-refractivity contribution in [1.82, 2.24) is 0 Å². The van der Waals surface area contributed by atoms with Crippen molar-refractivity contribution in [3.05, 3.63) is 23.8 Å². The number of unbranched alkanes of at least 4 members (excludes halogenated alkanes) is 2. The van der Waals surface area contributed by atoms with E-state index in [1.165, 1.54) is 25.0 Å². The number of nitrogens with one attached hydrogen (secondary N) is 1. The lowest BCUT2D eigenvalue weighted by atomic mass is 10.2. The molecule has 0 atom stereocenters. The topological polar surface area (TPSA) is 66.4 Å². The number of hydrogen-bond acceptors (Lipinski definition) is 3. The average Bonchev–Trinajstić information content (AvgIpc) is 2.24. The highest BCUT2D eigenvalue weighted by Gasteiger charge is 2.10. The summed E-state index contributed by atoms with van der Waals surface area (Å²) in [5.41, 5.74) is 1.73. The smallest absolute Gasteiger partial charge is 0.294 e. The van der Waals surface area contributed by atoms with Gasteiger partial charge in [0, 0.05) is 12.2 Å². The molecule has 4 nitrogen and oxygen atoms in total. The summed E-state index contributed by atoms with van der Waals surface area (Å²) in [4.78, 5) is -0.0610. The van der Waals surface area contributed by atoms with Crippen molar-refractivity contribution in [2.75, 3.05) is 11.9 Å². The second kappa shape index (κ2) is 6.02. The Morgan fingerprint density at radius 2 is 2.00 bits per heavy atom. The van der Waals surface area contributed by atoms with E-state index < -0.39 is 10.1 Å². The predicted octanol–water partition coefficient (Wildman–Crippen LogP) is 2.84. The molecule has 1 aromatic carbocycles. The molecule has 5 heteroatoms. The summed E-state index contributed by atoms with van der Waals surface area (Å²) >= 11 is 0. The molecule has 2 N–H and O–H groups in total. The van der Waals surface area contributed by atoms with Gasteiger partial charge in [0.05, 0.1) is 4.90 Å². The van der Waals surface area contributed by atoms with Crippen LogP contribution in [0.3, 0.4) is 0 Å². The summed E-state index contributed by atoms with van der Waals surface area (Å²) in [6.07, 6.45) is 3.44. The zero-order valence-corrected chi connectivity index (χ0v) is 11.0. The Hall–Kier alpha value is -1.07. The van der Waals surface area contributed by atoms with Crippen LogP contribution in [0.1, 0.15) is 31.7 Å². The molecule has 96 valence electrons. The first-order valence-corrected chi connectivity index (χ1v) is 7.21. The molecule has 0 aliphatic carbocycles. The van der Waals surface area contributed by atoms with E-state index in [2.05, 4.69) is 12.2 Å². The van der Waals surface area contributed by atoms with E-state index in [1.807, 2.05) is 6.92 Å². The molecule has 0 bridgehead atoms. The average molecular weight is 257 g/mol. The van der Waals surface area contributed by atoms with Crippen molar-refractivity contribution in [1.29, 1.82) is 0 Å². The van der Waals surface area contributed by atoms with Crippen LogP contribution in [0.15, 0.2) is 23.1 Å². The Kier molecular flexibility index (Phi) is 4.96. The van der Waals surface area contributed by atoms with Gasteiger partial charge in [-0.1, -0.05) is 19.8 Å². The molecule has 0 radical (unpaired) electrons. The monoisotopic (exact) mass is 257 g/mol. The van der Waals surface area contributed by atoms with Crippen molar-refractivity contribution in [3.8, 4) is 0 Å². The first-order valence-electron chi connectivity index (χ1n) is 5.77. The Bertz CT molecular complexity index is 469. The van der Waals surface area contributed by atoms with Crippen LogP contribution in [-0.2, 0) is 10.1 Å². The number of benzene rings is 1. The van der Waals surface area contributed by atoms with Crippen LogP contribution in [0, 0.1) is 6.92 Å². The van der Waals surface area contributed by atoms with Crippen molar-refractivity contribution in [2.45, 2.75) is 38.0 Å². The van der Waals surface area contributed by atoms with E-state index in [-0.39, 0.29) is 4.90 Å². The standard InChI is InChI=1S/C12H19NO3S/c1-3-4-5-8-13-12-7-6-11(9-10(12)2)17(14,15)16/h6-7,9,13H,3-5,8H2,1-2H3,(H,14,15,16). The van der Waals surface area contributed by atoms with Gasteiger partial charge < -0.3 is 5.32 Å². The summed E-state index contributed by atoms with van der Waals surface area (Å²) in [6.45, 7) is 4.84. The molecule has 0 amide bonds. The normalized spacial score (nSPS) is 11.5. The van der Waals surface area contributed by atoms with Crippen molar-refractivity contribution in [3.63, 3.8) is 0 Å². The minimum absolute atomic E-state index is 0.0610. The molecule has 17 heavy (non-hydrogen) atoms. The summed E-state index contributed by atoms with van der Waals surface area (Å²) in [7, 11) is -4.10. The van der Waals surface area contributed by atoms with E-state index in [1.54, 1.807) is 6.07 Å². The maximum atomic E-state index is 10.9. The van der Waals surface area contributed by atoms with Crippen molar-refractivity contribution < 1.29 is 13.0 Å². The Morgan fingerprint density at radius 1 is 1.29 bits per heavy atom. The van der Waals surface area contributed by atoms with Gasteiger partial charge in [-0.15, -0.1) is 0 Å².